The van der Waals surface area contributed by atoms with Crippen molar-refractivity contribution in [3.63, 3.8) is 0 Å². The summed E-state index contributed by atoms with van der Waals surface area (Å²) in [4.78, 5) is 12.2. The summed E-state index contributed by atoms with van der Waals surface area (Å²) in [6.45, 7) is 0. The summed E-state index contributed by atoms with van der Waals surface area (Å²) in [6.07, 6.45) is 4.26. The summed E-state index contributed by atoms with van der Waals surface area (Å²) >= 11 is 0. The minimum Gasteiger partial charge on any atom is -0.480 e. The predicted octanol–water partition coefficient (Wildman–Crippen LogP) is 1.80. The van der Waals surface area contributed by atoms with Crippen LogP contribution in [0, 0.1) is 0 Å². The zero-order valence-corrected chi connectivity index (χ0v) is 12.2. The molecule has 0 aromatic heterocycles. The maximum absolute atomic E-state index is 12.2. The van der Waals surface area contributed by atoms with E-state index >= 15 is 0 Å². The lowest BCUT2D eigenvalue weighted by Crippen LogP contribution is -2.45. The van der Waals surface area contributed by atoms with Gasteiger partial charge in [-0.1, -0.05) is 18.2 Å². The summed E-state index contributed by atoms with van der Waals surface area (Å²) < 4.78 is 5.69. The van der Waals surface area contributed by atoms with E-state index in [9.17, 15) is 4.79 Å². The Morgan fingerprint density at radius 2 is 1.90 bits per heavy atom. The van der Waals surface area contributed by atoms with Gasteiger partial charge in [0.25, 0.3) is 5.91 Å². The summed E-state index contributed by atoms with van der Waals surface area (Å²) in [7, 11) is 0. The van der Waals surface area contributed by atoms with Crippen LogP contribution < -0.4 is 15.8 Å². The number of fused-ring (bicyclic) bond motifs is 1. The molecule has 0 spiro atoms. The molecule has 1 heterocycles. The van der Waals surface area contributed by atoms with E-state index in [-0.39, 0.29) is 30.5 Å². The predicted molar refractivity (Wildman–Crippen MR) is 80.2 cm³/mol. The molecule has 1 atom stereocenters. The van der Waals surface area contributed by atoms with Gasteiger partial charge in [-0.2, -0.15) is 0 Å². The number of nitrogens with two attached hydrogens (primary N) is 1. The Morgan fingerprint density at radius 1 is 1.20 bits per heavy atom. The molecule has 3 N–H and O–H groups in total. The number of para-hydroxylation sites is 1. The molecule has 1 fully saturated rings. The maximum atomic E-state index is 12.2. The zero-order chi connectivity index (χ0) is 13.2. The largest absolute Gasteiger partial charge is 0.480 e. The van der Waals surface area contributed by atoms with Crippen LogP contribution >= 0.6 is 12.4 Å². The number of ether oxygens (including phenoxy) is 1. The van der Waals surface area contributed by atoms with Crippen molar-refractivity contribution in [1.29, 1.82) is 0 Å². The number of rotatable bonds is 2. The van der Waals surface area contributed by atoms with Crippen LogP contribution in [0.2, 0.25) is 0 Å². The third kappa shape index (κ3) is 3.25. The summed E-state index contributed by atoms with van der Waals surface area (Å²) in [5.74, 6) is 0.852. The van der Waals surface area contributed by atoms with E-state index in [0.29, 0.717) is 12.5 Å². The van der Waals surface area contributed by atoms with Gasteiger partial charge < -0.3 is 15.8 Å². The highest BCUT2D eigenvalue weighted by molar-refractivity contribution is 5.85. The molecule has 110 valence electrons. The fraction of sp³-hybridized carbons (Fsp3) is 0.533. The van der Waals surface area contributed by atoms with Crippen molar-refractivity contribution >= 4 is 18.3 Å². The van der Waals surface area contributed by atoms with E-state index < -0.39 is 0 Å². The highest BCUT2D eigenvalue weighted by atomic mass is 35.5. The lowest BCUT2D eigenvalue weighted by Gasteiger charge is -2.27. The lowest BCUT2D eigenvalue weighted by atomic mass is 9.91. The van der Waals surface area contributed by atoms with E-state index in [0.717, 1.165) is 37.0 Å². The number of carbonyl (C=O) groups excluding carboxylic acids is 1. The normalized spacial score (nSPS) is 27.9. The summed E-state index contributed by atoms with van der Waals surface area (Å²) in [5.41, 5.74) is 6.99. The Kier molecular flexibility index (Phi) is 4.89. The Morgan fingerprint density at radius 3 is 2.60 bits per heavy atom. The van der Waals surface area contributed by atoms with Crippen LogP contribution in [0.25, 0.3) is 0 Å². The van der Waals surface area contributed by atoms with Gasteiger partial charge in [-0.3, -0.25) is 4.79 Å². The number of halogens is 1. The van der Waals surface area contributed by atoms with Gasteiger partial charge >= 0.3 is 0 Å². The molecular weight excluding hydrogens is 276 g/mol. The molecule has 1 aliphatic carbocycles. The minimum atomic E-state index is -0.368. The number of hydrogen-bond acceptors (Lipinski definition) is 3. The average Bonchev–Trinajstić information content (AvgIpc) is 2.85. The first-order valence-corrected chi connectivity index (χ1v) is 7.03. The molecule has 3 rings (SSSR count). The molecule has 20 heavy (non-hydrogen) atoms. The molecule has 1 amide bonds. The van der Waals surface area contributed by atoms with Crippen LogP contribution in [0.15, 0.2) is 24.3 Å². The van der Waals surface area contributed by atoms with Crippen LogP contribution in [0.3, 0.4) is 0 Å². The van der Waals surface area contributed by atoms with E-state index in [1.54, 1.807) is 0 Å². The van der Waals surface area contributed by atoms with Crippen molar-refractivity contribution in [1.82, 2.24) is 5.32 Å². The number of carbonyl (C=O) groups is 1. The molecule has 1 saturated carbocycles. The quantitative estimate of drug-likeness (QED) is 0.875. The van der Waals surface area contributed by atoms with Crippen LogP contribution in [0.1, 0.15) is 31.2 Å². The number of nitrogens with one attached hydrogen (secondary N) is 1. The van der Waals surface area contributed by atoms with Crippen molar-refractivity contribution in [2.75, 3.05) is 0 Å². The van der Waals surface area contributed by atoms with Crippen molar-refractivity contribution in [2.24, 2.45) is 5.73 Å². The third-order valence-corrected chi connectivity index (χ3v) is 4.06. The Hall–Kier alpha value is -1.26. The molecule has 2 aliphatic rings. The standard InChI is InChI=1S/C15H20N2O2.ClH/c16-11-5-7-12(8-6-11)17-15(18)14-9-10-3-1-2-4-13(10)19-14;/h1-4,11-12,14H,5-9,16H2,(H,17,18);1H. The van der Waals surface area contributed by atoms with Gasteiger partial charge in [0.1, 0.15) is 5.75 Å². The minimum absolute atomic E-state index is 0. The summed E-state index contributed by atoms with van der Waals surface area (Å²) in [5, 5.41) is 3.10. The number of benzene rings is 1. The van der Waals surface area contributed by atoms with Crippen molar-refractivity contribution in [3.05, 3.63) is 29.8 Å². The molecular formula is C15H21ClN2O2. The van der Waals surface area contributed by atoms with Gasteiger partial charge in [-0.05, 0) is 37.3 Å². The van der Waals surface area contributed by atoms with Crippen LogP contribution in [-0.4, -0.2) is 24.1 Å². The third-order valence-electron chi connectivity index (χ3n) is 4.06. The molecule has 4 nitrogen and oxygen atoms in total. The van der Waals surface area contributed by atoms with E-state index in [2.05, 4.69) is 5.32 Å². The molecule has 0 saturated heterocycles. The van der Waals surface area contributed by atoms with Crippen LogP contribution in [0.4, 0.5) is 0 Å². The van der Waals surface area contributed by atoms with E-state index in [1.165, 1.54) is 0 Å². The number of hydrogen-bond donors (Lipinski definition) is 2. The topological polar surface area (TPSA) is 64.3 Å². The second-order valence-electron chi connectivity index (χ2n) is 5.54. The fourth-order valence-corrected chi connectivity index (χ4v) is 2.89. The van der Waals surface area contributed by atoms with Gasteiger partial charge in [0.2, 0.25) is 0 Å². The van der Waals surface area contributed by atoms with Gasteiger partial charge in [-0.15, -0.1) is 12.4 Å². The molecule has 0 bridgehead atoms. The molecule has 1 aromatic carbocycles. The second kappa shape index (κ2) is 6.46. The van der Waals surface area contributed by atoms with Crippen LogP contribution in [0.5, 0.6) is 5.75 Å². The average molecular weight is 297 g/mol. The first kappa shape index (κ1) is 15.1. The van der Waals surface area contributed by atoms with Crippen molar-refractivity contribution in [3.8, 4) is 5.75 Å². The Bertz CT molecular complexity index is 448. The first-order valence-electron chi connectivity index (χ1n) is 7.03. The van der Waals surface area contributed by atoms with Gasteiger partial charge in [0, 0.05) is 18.5 Å². The number of amides is 1. The molecule has 5 heteroatoms. The monoisotopic (exact) mass is 296 g/mol. The SMILES string of the molecule is Cl.NC1CCC(NC(=O)C2Cc3ccccc3O2)CC1. The molecule has 1 aliphatic heterocycles. The lowest BCUT2D eigenvalue weighted by molar-refractivity contribution is -0.128. The smallest absolute Gasteiger partial charge is 0.261 e. The molecule has 1 aromatic rings. The molecule has 1 unspecified atom stereocenters. The van der Waals surface area contributed by atoms with Crippen LogP contribution in [-0.2, 0) is 11.2 Å². The Labute approximate surface area is 125 Å². The summed E-state index contributed by atoms with van der Waals surface area (Å²) in [6, 6.07) is 8.41. The van der Waals surface area contributed by atoms with Gasteiger partial charge in [0.15, 0.2) is 6.10 Å². The highest BCUT2D eigenvalue weighted by Gasteiger charge is 2.30. The van der Waals surface area contributed by atoms with Crippen molar-refractivity contribution in [2.45, 2.75) is 50.3 Å². The molecule has 0 radical (unpaired) electrons. The zero-order valence-electron chi connectivity index (χ0n) is 11.4. The van der Waals surface area contributed by atoms with Gasteiger partial charge in [0.05, 0.1) is 0 Å². The van der Waals surface area contributed by atoms with Crippen molar-refractivity contribution < 1.29 is 9.53 Å². The maximum Gasteiger partial charge on any atom is 0.261 e. The Balaban J connectivity index is 0.00000147. The second-order valence-corrected chi connectivity index (χ2v) is 5.54. The fourth-order valence-electron chi connectivity index (χ4n) is 2.89. The first-order chi connectivity index (χ1) is 9.22. The van der Waals surface area contributed by atoms with E-state index in [1.807, 2.05) is 24.3 Å². The highest BCUT2D eigenvalue weighted by Crippen LogP contribution is 2.28. The van der Waals surface area contributed by atoms with Gasteiger partial charge in [-0.25, -0.2) is 0 Å². The van der Waals surface area contributed by atoms with E-state index in [4.69, 9.17) is 10.5 Å².